The second-order valence-corrected chi connectivity index (χ2v) is 8.56. The number of benzene rings is 1. The molecule has 1 saturated carbocycles. The number of nitrogens with zero attached hydrogens (tertiary/aromatic N) is 2. The van der Waals surface area contributed by atoms with Crippen molar-refractivity contribution < 1.29 is 0 Å². The maximum absolute atomic E-state index is 6.10. The van der Waals surface area contributed by atoms with E-state index in [0.717, 1.165) is 42.3 Å². The molecule has 3 nitrogen and oxygen atoms in total. The van der Waals surface area contributed by atoms with Gasteiger partial charge < -0.3 is 5.73 Å². The van der Waals surface area contributed by atoms with Gasteiger partial charge in [-0.15, -0.1) is 11.8 Å². The van der Waals surface area contributed by atoms with Gasteiger partial charge in [-0.2, -0.15) is 0 Å². The van der Waals surface area contributed by atoms with Crippen LogP contribution in [0.15, 0.2) is 41.7 Å². The highest BCUT2D eigenvalue weighted by Crippen LogP contribution is 2.34. The molecule has 4 heteroatoms. The first kappa shape index (κ1) is 19.4. The average molecular weight is 370 g/mol. The Morgan fingerprint density at radius 1 is 1.19 bits per heavy atom. The van der Waals surface area contributed by atoms with E-state index in [1.807, 2.05) is 24.2 Å². The largest absolute Gasteiger partial charge is 0.324 e. The Kier molecular flexibility index (Phi) is 7.09. The lowest BCUT2D eigenvalue weighted by atomic mass is 9.92. The Labute approximate surface area is 162 Å². The van der Waals surface area contributed by atoms with Crippen LogP contribution in [0.25, 0.3) is 0 Å². The number of hydrogen-bond donors (Lipinski definition) is 1. The molecule has 1 aliphatic rings. The number of thioether (sulfide) groups is 1. The zero-order chi connectivity index (χ0) is 18.4. The minimum absolute atomic E-state index is 0.0970. The number of hydrogen-bond acceptors (Lipinski definition) is 4. The molecule has 3 rings (SSSR count). The van der Waals surface area contributed by atoms with Crippen LogP contribution < -0.4 is 5.73 Å². The fourth-order valence-corrected chi connectivity index (χ4v) is 4.40. The van der Waals surface area contributed by atoms with Crippen molar-refractivity contribution in [3.63, 3.8) is 0 Å². The van der Waals surface area contributed by atoms with Gasteiger partial charge in [0.25, 0.3) is 0 Å². The maximum atomic E-state index is 6.10. The number of rotatable bonds is 10. The van der Waals surface area contributed by atoms with Gasteiger partial charge in [0.05, 0.1) is 11.9 Å². The third kappa shape index (κ3) is 5.55. The van der Waals surface area contributed by atoms with E-state index in [0.29, 0.717) is 5.92 Å². The fraction of sp³-hybridized carbons (Fsp3) is 0.545. The minimum atomic E-state index is 0.0970. The lowest BCUT2D eigenvalue weighted by molar-refractivity contribution is 0.557. The van der Waals surface area contributed by atoms with Crippen LogP contribution >= 0.6 is 11.8 Å². The molecule has 1 fully saturated rings. The van der Waals surface area contributed by atoms with E-state index in [4.69, 9.17) is 10.7 Å². The van der Waals surface area contributed by atoms with Crippen molar-refractivity contribution in [2.75, 3.05) is 5.75 Å². The summed E-state index contributed by atoms with van der Waals surface area (Å²) in [4.78, 5) is 9.35. The van der Waals surface area contributed by atoms with Crippen LogP contribution in [-0.2, 0) is 6.42 Å². The summed E-state index contributed by atoms with van der Waals surface area (Å²) < 4.78 is 0. The summed E-state index contributed by atoms with van der Waals surface area (Å²) in [5.74, 6) is 2.61. The highest BCUT2D eigenvalue weighted by molar-refractivity contribution is 7.99. The molecular weight excluding hydrogens is 338 g/mol. The third-order valence-electron chi connectivity index (χ3n) is 5.27. The number of aryl methyl sites for hydroxylation is 1. The molecule has 1 aliphatic carbocycles. The van der Waals surface area contributed by atoms with Gasteiger partial charge in [-0.25, -0.2) is 4.98 Å². The Morgan fingerprint density at radius 3 is 2.65 bits per heavy atom. The first-order chi connectivity index (χ1) is 12.7. The van der Waals surface area contributed by atoms with Gasteiger partial charge in [-0.1, -0.05) is 31.2 Å². The monoisotopic (exact) mass is 369 g/mol. The third-order valence-corrected chi connectivity index (χ3v) is 6.41. The standard InChI is InChI=1S/C22H31N3S/c1-3-18(8-6-9-19-7-4-5-10-20(19)16(2)23)21-13-25-22(14-24-21)26-15-17-11-12-17/h4-5,7,10,13-14,16-18H,3,6,8-9,11-12,15,23H2,1-2H3/t16?,18-/m1/s1. The number of nitrogens with two attached hydrogens (primary N) is 1. The summed E-state index contributed by atoms with van der Waals surface area (Å²) in [6, 6.07) is 8.66. The lowest BCUT2D eigenvalue weighted by Gasteiger charge is -2.16. The Hall–Kier alpha value is -1.39. The van der Waals surface area contributed by atoms with Crippen molar-refractivity contribution in [1.82, 2.24) is 9.97 Å². The normalized spacial score (nSPS) is 16.4. The summed E-state index contributed by atoms with van der Waals surface area (Å²) in [7, 11) is 0. The molecule has 0 bridgehead atoms. The SMILES string of the molecule is CC[C@H](CCCc1ccccc1C(C)N)c1cnc(SCC2CC2)cn1. The van der Waals surface area contributed by atoms with Crippen LogP contribution in [0.3, 0.4) is 0 Å². The molecule has 0 saturated heterocycles. The Balaban J connectivity index is 1.52. The molecule has 1 aromatic heterocycles. The van der Waals surface area contributed by atoms with Gasteiger partial charge in [-0.3, -0.25) is 4.98 Å². The molecule has 0 amide bonds. The topological polar surface area (TPSA) is 51.8 Å². The minimum Gasteiger partial charge on any atom is -0.324 e. The second kappa shape index (κ2) is 9.52. The van der Waals surface area contributed by atoms with Gasteiger partial charge in [0.15, 0.2) is 0 Å². The summed E-state index contributed by atoms with van der Waals surface area (Å²) in [6.45, 7) is 4.31. The van der Waals surface area contributed by atoms with Crippen molar-refractivity contribution in [3.8, 4) is 0 Å². The van der Waals surface area contributed by atoms with Gasteiger partial charge in [0.1, 0.15) is 5.03 Å². The van der Waals surface area contributed by atoms with Crippen LogP contribution in [-0.4, -0.2) is 15.7 Å². The van der Waals surface area contributed by atoms with Crippen molar-refractivity contribution >= 4 is 11.8 Å². The van der Waals surface area contributed by atoms with E-state index in [-0.39, 0.29) is 6.04 Å². The zero-order valence-corrected chi connectivity index (χ0v) is 16.8. The predicted octanol–water partition coefficient (Wildman–Crippen LogP) is 5.51. The molecule has 1 heterocycles. The van der Waals surface area contributed by atoms with Crippen molar-refractivity contribution in [2.45, 2.75) is 69.4 Å². The summed E-state index contributed by atoms with van der Waals surface area (Å²) >= 11 is 1.85. The van der Waals surface area contributed by atoms with E-state index in [9.17, 15) is 0 Å². The molecule has 2 N–H and O–H groups in total. The second-order valence-electron chi connectivity index (χ2n) is 7.52. The quantitative estimate of drug-likeness (QED) is 0.561. The van der Waals surface area contributed by atoms with Gasteiger partial charge in [0, 0.05) is 23.9 Å². The molecule has 1 unspecified atom stereocenters. The summed E-state index contributed by atoms with van der Waals surface area (Å²) in [5, 5.41) is 1.07. The van der Waals surface area contributed by atoms with E-state index >= 15 is 0 Å². The van der Waals surface area contributed by atoms with Crippen LogP contribution in [0.5, 0.6) is 0 Å². The average Bonchev–Trinajstić information content (AvgIpc) is 3.49. The van der Waals surface area contributed by atoms with Gasteiger partial charge in [0.2, 0.25) is 0 Å². The first-order valence-corrected chi connectivity index (χ1v) is 10.9. The highest BCUT2D eigenvalue weighted by Gasteiger charge is 2.21. The Morgan fingerprint density at radius 2 is 2.00 bits per heavy atom. The van der Waals surface area contributed by atoms with E-state index in [1.54, 1.807) is 0 Å². The van der Waals surface area contributed by atoms with E-state index in [2.05, 4.69) is 43.1 Å². The lowest BCUT2D eigenvalue weighted by Crippen LogP contribution is -2.09. The highest BCUT2D eigenvalue weighted by atomic mass is 32.2. The van der Waals surface area contributed by atoms with Crippen LogP contribution in [0.2, 0.25) is 0 Å². The molecule has 1 aromatic carbocycles. The van der Waals surface area contributed by atoms with Crippen molar-refractivity contribution in [2.24, 2.45) is 11.7 Å². The van der Waals surface area contributed by atoms with Gasteiger partial charge >= 0.3 is 0 Å². The summed E-state index contributed by atoms with van der Waals surface area (Å²) in [5.41, 5.74) is 9.91. The zero-order valence-electron chi connectivity index (χ0n) is 16.0. The molecule has 2 aromatic rings. The molecule has 0 radical (unpaired) electrons. The van der Waals surface area contributed by atoms with Crippen molar-refractivity contribution in [3.05, 3.63) is 53.5 Å². The van der Waals surface area contributed by atoms with E-state index < -0.39 is 0 Å². The van der Waals surface area contributed by atoms with Crippen LogP contribution in [0.4, 0.5) is 0 Å². The van der Waals surface area contributed by atoms with E-state index in [1.165, 1.54) is 29.7 Å². The smallest absolute Gasteiger partial charge is 0.114 e. The molecule has 0 aliphatic heterocycles. The molecule has 26 heavy (non-hydrogen) atoms. The summed E-state index contributed by atoms with van der Waals surface area (Å²) in [6.07, 6.45) is 11.2. The molecule has 0 spiro atoms. The molecule has 140 valence electrons. The Bertz CT molecular complexity index is 680. The van der Waals surface area contributed by atoms with Gasteiger partial charge in [-0.05, 0) is 62.5 Å². The van der Waals surface area contributed by atoms with Crippen LogP contribution in [0.1, 0.15) is 74.7 Å². The maximum Gasteiger partial charge on any atom is 0.114 e. The van der Waals surface area contributed by atoms with Crippen LogP contribution in [0, 0.1) is 5.92 Å². The first-order valence-electron chi connectivity index (χ1n) is 9.95. The number of aromatic nitrogens is 2. The fourth-order valence-electron chi connectivity index (χ4n) is 3.41. The molecular formula is C22H31N3S. The predicted molar refractivity (Wildman–Crippen MR) is 110 cm³/mol. The van der Waals surface area contributed by atoms with Crippen molar-refractivity contribution in [1.29, 1.82) is 0 Å². The molecule has 2 atom stereocenters.